The second-order valence-electron chi connectivity index (χ2n) is 25.1. The van der Waals surface area contributed by atoms with Crippen LogP contribution in [0.2, 0.25) is 0 Å². The van der Waals surface area contributed by atoms with Crippen LogP contribution in [-0.4, -0.2) is 35.3 Å². The second kappa shape index (κ2) is 32.1. The van der Waals surface area contributed by atoms with Crippen molar-refractivity contribution in [1.29, 1.82) is 0 Å². The molecular formula is C81H48F12N3O19P. The zero-order valence-electron chi connectivity index (χ0n) is 58.6. The number of phosphoric acid groups is 1. The Labute approximate surface area is 641 Å². The molecule has 0 aliphatic carbocycles. The number of hydrogen-bond acceptors (Lipinski definition) is 22. The lowest BCUT2D eigenvalue weighted by molar-refractivity contribution is -0.138. The molecule has 590 valence electrons. The summed E-state index contributed by atoms with van der Waals surface area (Å²) in [5, 5.41) is 0.496. The standard InChI is InChI=1S/C81H48F12N3O19P/c82-52-22-46(19-49(25-52)79(85,86)87)76-94-55(34-107-76)31-101-61-13-16-64-70(28-61)104-37-67(73(64)97)43-1-7-58(8-2-43)110-40-113-116(100,114-41-111-59-9-3-44(4-10-59)68-38-105-71-29-62(14-17-65(71)74(68)98)102-32-56-35-108-77(95-56)47-20-50(80(88,89)90)26-53(83)23-47)115-42-112-60-11-5-45(6-12-60)69-39-106-72-30-63(15-18-66(72)75(69)99)103-33-57-36-109-78(96-57)48-21-51(81(91,92)93)27-54(84)24-48/h1-30,34-39H,31-33,40-42H2. The van der Waals surface area contributed by atoms with Crippen LogP contribution in [0.5, 0.6) is 34.5 Å². The molecule has 9 aromatic carbocycles. The van der Waals surface area contributed by atoms with Crippen LogP contribution >= 0.6 is 7.82 Å². The molecule has 0 unspecified atom stereocenters. The van der Waals surface area contributed by atoms with E-state index in [9.17, 15) is 71.6 Å². The van der Waals surface area contributed by atoms with Crippen LogP contribution < -0.4 is 44.7 Å². The largest absolute Gasteiger partial charge is 0.487 e. The number of hydrogen-bond donors (Lipinski definition) is 0. The van der Waals surface area contributed by atoms with Crippen LogP contribution in [0.4, 0.5) is 52.7 Å². The van der Waals surface area contributed by atoms with Crippen molar-refractivity contribution in [1.82, 2.24) is 15.0 Å². The number of phosphoric ester groups is 1. The Morgan fingerprint density at radius 3 is 0.836 bits per heavy atom. The third-order valence-corrected chi connectivity index (χ3v) is 18.5. The zero-order chi connectivity index (χ0) is 81.2. The number of nitrogens with zero attached hydrogens (tertiary/aromatic N) is 3. The van der Waals surface area contributed by atoms with Gasteiger partial charge in [-0.05, 0) is 144 Å². The quantitative estimate of drug-likeness (QED) is 0.0263. The van der Waals surface area contributed by atoms with Crippen molar-refractivity contribution < 1.29 is 126 Å². The minimum atomic E-state index is -4.81. The van der Waals surface area contributed by atoms with Crippen molar-refractivity contribution in [2.45, 2.75) is 38.3 Å². The first-order valence-electron chi connectivity index (χ1n) is 33.8. The summed E-state index contributed by atoms with van der Waals surface area (Å²) in [6.45, 7) is -3.00. The van der Waals surface area contributed by atoms with Gasteiger partial charge in [-0.2, -0.15) is 39.5 Å². The van der Waals surface area contributed by atoms with Gasteiger partial charge in [0.15, 0.2) is 36.7 Å². The Balaban J connectivity index is 0.581. The van der Waals surface area contributed by atoms with Gasteiger partial charge in [0, 0.05) is 34.9 Å². The summed E-state index contributed by atoms with van der Waals surface area (Å²) in [5.74, 6) is -3.12. The molecule has 6 heterocycles. The van der Waals surface area contributed by atoms with Crippen LogP contribution in [-0.2, 0) is 56.5 Å². The predicted octanol–water partition coefficient (Wildman–Crippen LogP) is 20.7. The first-order valence-corrected chi connectivity index (χ1v) is 35.3. The fourth-order valence-corrected chi connectivity index (χ4v) is 12.4. The molecule has 0 spiro atoms. The normalized spacial score (nSPS) is 12.1. The van der Waals surface area contributed by atoms with E-state index in [4.69, 9.17) is 68.5 Å². The van der Waals surface area contributed by atoms with Crippen LogP contribution in [0.15, 0.2) is 260 Å². The molecule has 0 saturated carbocycles. The lowest BCUT2D eigenvalue weighted by atomic mass is 10.1. The summed E-state index contributed by atoms with van der Waals surface area (Å²) in [6.07, 6.45) is -7.35. The van der Waals surface area contributed by atoms with Gasteiger partial charge < -0.3 is 54.9 Å². The molecule has 0 radical (unpaired) electrons. The molecule has 116 heavy (non-hydrogen) atoms. The maximum atomic E-state index is 14.4. The van der Waals surface area contributed by atoms with Gasteiger partial charge in [-0.15, -0.1) is 0 Å². The van der Waals surface area contributed by atoms with Gasteiger partial charge in [0.1, 0.15) is 143 Å². The summed E-state index contributed by atoms with van der Waals surface area (Å²) < 4.78 is 261. The molecule has 0 aliphatic heterocycles. The van der Waals surface area contributed by atoms with E-state index in [-0.39, 0.29) is 155 Å². The summed E-state index contributed by atoms with van der Waals surface area (Å²) in [6, 6.07) is 36.8. The number of rotatable bonds is 27. The molecule has 15 rings (SSSR count). The number of alkyl halides is 9. The smallest absolute Gasteiger partial charge is 0.483 e. The Hall–Kier alpha value is -13.7. The fraction of sp³-hybridized carbons (Fsp3) is 0.111. The SMILES string of the molecule is O=c1c(-c2ccc(OCOP(=O)(OCOc3ccc(-c4coc5cc(OCc6coc(-c7cc(F)cc(C(F)(F)F)c7)n6)ccc5c4=O)cc3)OCOc3ccc(-c4coc5cc(OCc6coc(-c7cc(F)cc(C(F)(F)F)c7)n6)ccc5c4=O)cc3)cc2)coc2cc(OCc3coc(-c4cc(F)cc(C(F)(F)F)c4)n3)ccc12. The van der Waals surface area contributed by atoms with Gasteiger partial charge in [-0.25, -0.2) is 46.3 Å². The van der Waals surface area contributed by atoms with E-state index >= 15 is 0 Å². The number of aromatic nitrogens is 3. The Morgan fingerprint density at radius 1 is 0.302 bits per heavy atom. The first kappa shape index (κ1) is 77.6. The lowest BCUT2D eigenvalue weighted by Gasteiger charge is -2.19. The van der Waals surface area contributed by atoms with Crippen molar-refractivity contribution >= 4 is 40.7 Å². The average Bonchev–Trinajstić information content (AvgIpc) is 0.978. The highest BCUT2D eigenvalue weighted by Crippen LogP contribution is 2.50. The Morgan fingerprint density at radius 2 is 0.569 bits per heavy atom. The van der Waals surface area contributed by atoms with Gasteiger partial charge in [0.2, 0.25) is 17.7 Å². The summed E-state index contributed by atoms with van der Waals surface area (Å²) in [5.41, 5.74) is -3.20. The van der Waals surface area contributed by atoms with Crippen molar-refractivity contribution in [3.63, 3.8) is 0 Å². The van der Waals surface area contributed by atoms with E-state index < -0.39 is 97.2 Å². The zero-order valence-corrected chi connectivity index (χ0v) is 59.5. The van der Waals surface area contributed by atoms with Gasteiger partial charge >= 0.3 is 26.4 Å². The van der Waals surface area contributed by atoms with E-state index in [2.05, 4.69) is 15.0 Å². The van der Waals surface area contributed by atoms with Crippen LogP contribution in [0.1, 0.15) is 33.8 Å². The third kappa shape index (κ3) is 17.9. The van der Waals surface area contributed by atoms with Gasteiger partial charge in [-0.3, -0.25) is 14.4 Å². The molecule has 0 saturated heterocycles. The second-order valence-corrected chi connectivity index (χ2v) is 26.7. The van der Waals surface area contributed by atoms with Gasteiger partial charge in [0.25, 0.3) is 0 Å². The first-order chi connectivity index (χ1) is 55.6. The van der Waals surface area contributed by atoms with Crippen molar-refractivity contribution in [3.05, 3.63) is 301 Å². The summed E-state index contributed by atoms with van der Waals surface area (Å²) in [7, 11) is -4.73. The highest BCUT2D eigenvalue weighted by atomic mass is 31.2. The third-order valence-electron chi connectivity index (χ3n) is 17.3. The predicted molar refractivity (Wildman–Crippen MR) is 385 cm³/mol. The molecule has 6 aromatic heterocycles. The average molecular weight is 1630 g/mol. The van der Waals surface area contributed by atoms with E-state index in [0.29, 0.717) is 53.1 Å². The van der Waals surface area contributed by atoms with Crippen molar-refractivity contribution in [2.24, 2.45) is 0 Å². The van der Waals surface area contributed by atoms with Crippen LogP contribution in [0, 0.1) is 17.5 Å². The number of ether oxygens (including phenoxy) is 6. The topological polar surface area (TPSA) is 269 Å². The van der Waals surface area contributed by atoms with E-state index in [1.807, 2.05) is 0 Å². The number of benzene rings is 9. The molecule has 0 amide bonds. The van der Waals surface area contributed by atoms with Crippen LogP contribution in [0.3, 0.4) is 0 Å². The summed E-state index contributed by atoms with van der Waals surface area (Å²) >= 11 is 0. The minimum absolute atomic E-state index is 0.134. The highest BCUT2D eigenvalue weighted by Gasteiger charge is 2.35. The molecule has 0 fully saturated rings. The van der Waals surface area contributed by atoms with Crippen LogP contribution in [0.25, 0.3) is 101 Å². The number of oxazole rings is 3. The van der Waals surface area contributed by atoms with Crippen molar-refractivity contribution in [2.75, 3.05) is 20.4 Å². The summed E-state index contributed by atoms with van der Waals surface area (Å²) in [4.78, 5) is 53.8. The van der Waals surface area contributed by atoms with E-state index in [1.165, 1.54) is 146 Å². The molecular weight excluding hydrogens is 1580 g/mol. The van der Waals surface area contributed by atoms with E-state index in [0.717, 1.165) is 37.0 Å². The minimum Gasteiger partial charge on any atom is -0.487 e. The maximum Gasteiger partial charge on any atom is 0.483 e. The number of halogens is 12. The molecule has 0 bridgehead atoms. The maximum absolute atomic E-state index is 14.4. The number of fused-ring (bicyclic) bond motifs is 3. The molecule has 0 N–H and O–H groups in total. The molecule has 0 atom stereocenters. The Bertz CT molecular complexity index is 5810. The monoisotopic (exact) mass is 1630 g/mol. The van der Waals surface area contributed by atoms with E-state index in [1.54, 1.807) is 0 Å². The van der Waals surface area contributed by atoms with Gasteiger partial charge in [0.05, 0.1) is 49.5 Å². The van der Waals surface area contributed by atoms with Crippen molar-refractivity contribution in [3.8, 4) is 102 Å². The molecule has 15 aromatic rings. The van der Waals surface area contributed by atoms with Gasteiger partial charge in [-0.1, -0.05) is 36.4 Å². The lowest BCUT2D eigenvalue weighted by Crippen LogP contribution is -2.11. The molecule has 0 aliphatic rings. The molecule has 22 nitrogen and oxygen atoms in total. The molecule has 35 heteroatoms. The Kier molecular flexibility index (Phi) is 21.5. The fourth-order valence-electron chi connectivity index (χ4n) is 11.6. The highest BCUT2D eigenvalue weighted by molar-refractivity contribution is 7.48.